The number of hydrogen-bond acceptors (Lipinski definition) is 7. The number of hydrogen-bond donors (Lipinski definition) is 1. The number of rotatable bonds is 7. The highest BCUT2D eigenvalue weighted by atomic mass is 16.5. The second kappa shape index (κ2) is 9.01. The predicted octanol–water partition coefficient (Wildman–Crippen LogP) is 4.78. The highest BCUT2D eigenvalue weighted by Crippen LogP contribution is 2.41. The van der Waals surface area contributed by atoms with Crippen LogP contribution in [-0.2, 0) is 6.42 Å². The van der Waals surface area contributed by atoms with Crippen LogP contribution in [0.4, 0.5) is 5.69 Å². The number of phenols is 1. The molecule has 7 nitrogen and oxygen atoms in total. The van der Waals surface area contributed by atoms with Crippen molar-refractivity contribution in [1.82, 2.24) is 9.97 Å². The molecule has 0 fully saturated rings. The summed E-state index contributed by atoms with van der Waals surface area (Å²) in [6.45, 7) is 0. The molecule has 0 saturated carbocycles. The molecule has 4 rings (SSSR count). The third kappa shape index (κ3) is 4.23. The van der Waals surface area contributed by atoms with E-state index in [1.807, 2.05) is 61.6 Å². The number of methoxy groups -OCH3 is 2. The number of ether oxygens (including phenoxy) is 2. The Morgan fingerprint density at radius 3 is 2.22 bits per heavy atom. The van der Waals surface area contributed by atoms with Gasteiger partial charge >= 0.3 is 0 Å². The maximum atomic E-state index is 10.3. The number of aromatic hydroxyl groups is 1. The van der Waals surface area contributed by atoms with Gasteiger partial charge in [-0.25, -0.2) is 4.98 Å². The Hall–Kier alpha value is -4.00. The molecule has 4 aromatic rings. The van der Waals surface area contributed by atoms with Crippen LogP contribution in [0.2, 0.25) is 0 Å². The summed E-state index contributed by atoms with van der Waals surface area (Å²) in [6, 6.07) is 15.4. The van der Waals surface area contributed by atoms with E-state index in [4.69, 9.17) is 18.9 Å². The number of oxazole rings is 1. The second-order valence-electron chi connectivity index (χ2n) is 7.50. The fourth-order valence-corrected chi connectivity index (χ4v) is 3.44. The van der Waals surface area contributed by atoms with E-state index in [0.29, 0.717) is 17.9 Å². The fourth-order valence-electron chi connectivity index (χ4n) is 3.44. The van der Waals surface area contributed by atoms with E-state index in [0.717, 1.165) is 28.3 Å². The van der Waals surface area contributed by atoms with Gasteiger partial charge in [0.05, 0.1) is 14.2 Å². The van der Waals surface area contributed by atoms with Gasteiger partial charge in [0.25, 0.3) is 0 Å². The number of phenolic OH excluding ortho intramolecular Hbond substituents is 1. The van der Waals surface area contributed by atoms with Crippen molar-refractivity contribution in [2.75, 3.05) is 33.2 Å². The lowest BCUT2D eigenvalue weighted by Gasteiger charge is -2.12. The maximum Gasteiger partial charge on any atom is 0.227 e. The van der Waals surface area contributed by atoms with Gasteiger partial charge in [-0.05, 0) is 35.9 Å². The summed E-state index contributed by atoms with van der Waals surface area (Å²) >= 11 is 0. The summed E-state index contributed by atoms with van der Waals surface area (Å²) in [5.41, 5.74) is 4.45. The highest BCUT2D eigenvalue weighted by molar-refractivity contribution is 5.70. The second-order valence-corrected chi connectivity index (χ2v) is 7.50. The first-order valence-electron chi connectivity index (χ1n) is 10.1. The zero-order valence-electron chi connectivity index (χ0n) is 18.5. The van der Waals surface area contributed by atoms with Crippen LogP contribution in [-0.4, -0.2) is 43.4 Å². The van der Waals surface area contributed by atoms with Crippen LogP contribution in [0.1, 0.15) is 11.3 Å². The van der Waals surface area contributed by atoms with Gasteiger partial charge in [0.15, 0.2) is 11.5 Å². The molecule has 0 saturated heterocycles. The average molecular weight is 431 g/mol. The largest absolute Gasteiger partial charge is 0.502 e. The lowest BCUT2D eigenvalue weighted by atomic mass is 10.1. The van der Waals surface area contributed by atoms with E-state index < -0.39 is 0 Å². The summed E-state index contributed by atoms with van der Waals surface area (Å²) in [6.07, 6.45) is 4.09. The van der Waals surface area contributed by atoms with Gasteiger partial charge in [-0.2, -0.15) is 0 Å². The maximum absolute atomic E-state index is 10.3. The molecule has 32 heavy (non-hydrogen) atoms. The van der Waals surface area contributed by atoms with Crippen molar-refractivity contribution in [1.29, 1.82) is 0 Å². The van der Waals surface area contributed by atoms with Gasteiger partial charge in [0.1, 0.15) is 11.5 Å². The fraction of sp³-hybridized carbons (Fsp3) is 0.200. The van der Waals surface area contributed by atoms with E-state index in [2.05, 4.69) is 4.98 Å². The number of aromatic nitrogens is 2. The lowest BCUT2D eigenvalue weighted by molar-refractivity contribution is 0.340. The summed E-state index contributed by atoms with van der Waals surface area (Å²) < 4.78 is 16.8. The van der Waals surface area contributed by atoms with Crippen LogP contribution in [0, 0.1) is 0 Å². The first-order valence-corrected chi connectivity index (χ1v) is 10.1. The Morgan fingerprint density at radius 2 is 1.66 bits per heavy atom. The SMILES string of the molecule is COc1cc(-c2nc(-c3ccc(N(C)C)cc3)c(Cc3cccnc3)o2)cc(OC)c1O. The summed E-state index contributed by atoms with van der Waals surface area (Å²) in [5, 5.41) is 10.3. The number of pyridine rings is 1. The minimum atomic E-state index is -0.0691. The van der Waals surface area contributed by atoms with Crippen LogP contribution in [0.15, 0.2) is 65.3 Å². The molecule has 2 aromatic carbocycles. The summed E-state index contributed by atoms with van der Waals surface area (Å²) in [7, 11) is 6.98. The average Bonchev–Trinajstić information content (AvgIpc) is 3.23. The normalized spacial score (nSPS) is 10.8. The molecule has 0 spiro atoms. The van der Waals surface area contributed by atoms with E-state index in [1.54, 1.807) is 18.3 Å². The van der Waals surface area contributed by atoms with Gasteiger partial charge < -0.3 is 23.9 Å². The summed E-state index contributed by atoms with van der Waals surface area (Å²) in [4.78, 5) is 11.1. The molecule has 0 aliphatic rings. The number of anilines is 1. The quantitative estimate of drug-likeness (QED) is 0.451. The molecule has 2 aromatic heterocycles. The molecule has 1 N–H and O–H groups in total. The van der Waals surface area contributed by atoms with Crippen molar-refractivity contribution in [2.24, 2.45) is 0 Å². The molecule has 0 unspecified atom stereocenters. The third-order valence-corrected chi connectivity index (χ3v) is 5.17. The molecular weight excluding hydrogens is 406 g/mol. The minimum Gasteiger partial charge on any atom is -0.502 e. The smallest absolute Gasteiger partial charge is 0.227 e. The topological polar surface area (TPSA) is 80.9 Å². The van der Waals surface area contributed by atoms with E-state index in [-0.39, 0.29) is 17.2 Å². The molecule has 0 aliphatic carbocycles. The van der Waals surface area contributed by atoms with Crippen LogP contribution < -0.4 is 14.4 Å². The van der Waals surface area contributed by atoms with Crippen molar-refractivity contribution >= 4 is 5.69 Å². The molecular formula is C25H25N3O4. The van der Waals surface area contributed by atoms with Crippen molar-refractivity contribution in [2.45, 2.75) is 6.42 Å². The zero-order valence-corrected chi connectivity index (χ0v) is 18.5. The number of benzene rings is 2. The molecule has 0 bridgehead atoms. The first-order chi connectivity index (χ1) is 15.5. The van der Waals surface area contributed by atoms with Gasteiger partial charge in [-0.15, -0.1) is 0 Å². The Balaban J connectivity index is 1.82. The molecule has 7 heteroatoms. The van der Waals surface area contributed by atoms with E-state index in [9.17, 15) is 5.11 Å². The highest BCUT2D eigenvalue weighted by Gasteiger charge is 2.20. The van der Waals surface area contributed by atoms with E-state index in [1.165, 1.54) is 14.2 Å². The van der Waals surface area contributed by atoms with Crippen molar-refractivity contribution in [3.05, 3.63) is 72.2 Å². The first kappa shape index (κ1) is 21.2. The molecule has 0 aliphatic heterocycles. The van der Waals surface area contributed by atoms with Crippen LogP contribution in [0.5, 0.6) is 17.2 Å². The Kier molecular flexibility index (Phi) is 5.98. The standard InChI is InChI=1S/C25H25N3O4/c1-28(2)19-9-7-17(8-10-19)23-20(12-16-6-5-11-26-15-16)32-25(27-23)18-13-21(30-3)24(29)22(14-18)31-4/h5-11,13-15,29H,12H2,1-4H3. The van der Waals surface area contributed by atoms with Crippen molar-refractivity contribution in [3.63, 3.8) is 0 Å². The van der Waals surface area contributed by atoms with Crippen LogP contribution in [0.3, 0.4) is 0 Å². The van der Waals surface area contributed by atoms with E-state index >= 15 is 0 Å². The van der Waals surface area contributed by atoms with Crippen LogP contribution >= 0.6 is 0 Å². The summed E-state index contributed by atoms with van der Waals surface area (Å²) in [5.74, 6) is 1.62. The monoisotopic (exact) mass is 431 g/mol. The molecule has 2 heterocycles. The predicted molar refractivity (Wildman–Crippen MR) is 124 cm³/mol. The van der Waals surface area contributed by atoms with Crippen molar-refractivity contribution in [3.8, 4) is 40.0 Å². The van der Waals surface area contributed by atoms with Gasteiger partial charge in [-0.1, -0.05) is 18.2 Å². The van der Waals surface area contributed by atoms with Gasteiger partial charge in [0.2, 0.25) is 11.6 Å². The lowest BCUT2D eigenvalue weighted by Crippen LogP contribution is -2.07. The Morgan fingerprint density at radius 1 is 0.969 bits per heavy atom. The molecule has 0 amide bonds. The van der Waals surface area contributed by atoms with Crippen LogP contribution in [0.25, 0.3) is 22.7 Å². The van der Waals surface area contributed by atoms with Crippen molar-refractivity contribution < 1.29 is 19.0 Å². The van der Waals surface area contributed by atoms with Gasteiger partial charge in [-0.3, -0.25) is 4.98 Å². The zero-order chi connectivity index (χ0) is 22.7. The van der Waals surface area contributed by atoms with Gasteiger partial charge in [0, 0.05) is 49.7 Å². The Labute approximate surface area is 186 Å². The Bertz CT molecular complexity index is 1180. The molecule has 0 radical (unpaired) electrons. The third-order valence-electron chi connectivity index (χ3n) is 5.17. The molecule has 0 atom stereocenters. The molecule has 164 valence electrons. The number of nitrogens with zero attached hydrogens (tertiary/aromatic N) is 3. The minimum absolute atomic E-state index is 0.0691.